The Balaban J connectivity index is 4.38. The number of hydrogen-bond donors (Lipinski definition) is 0. The van der Waals surface area contributed by atoms with Gasteiger partial charge >= 0.3 is 5.71 Å². The first-order valence-corrected chi connectivity index (χ1v) is 2.82. The van der Waals surface area contributed by atoms with Crippen molar-refractivity contribution in [1.29, 1.82) is 0 Å². The number of carbonyl (C=O) groups excluding carboxylic acids is 1. The van der Waals surface area contributed by atoms with Gasteiger partial charge in [0.2, 0.25) is 5.78 Å². The summed E-state index contributed by atoms with van der Waals surface area (Å²) in [7, 11) is 0. The lowest BCUT2D eigenvalue weighted by atomic mass is 10.1. The molecule has 0 amide bonds. The van der Waals surface area contributed by atoms with Crippen LogP contribution in [0.5, 0.6) is 0 Å². The molecule has 3 heteroatoms. The molecule has 0 aromatic carbocycles. The normalized spacial score (nSPS) is 8.89. The van der Waals surface area contributed by atoms with E-state index in [4.69, 9.17) is 5.53 Å². The highest BCUT2D eigenvalue weighted by atomic mass is 16.1. The molecule has 0 unspecified atom stereocenters. The number of rotatable bonds is 2. The molecule has 0 bridgehead atoms. The summed E-state index contributed by atoms with van der Waals surface area (Å²) in [5.74, 6) is -0.167. The number of ketones is 1. The Hall–Kier alpha value is -0.950. The molecular formula is C6H10N2O. The van der Waals surface area contributed by atoms with Crippen LogP contribution in [0.25, 0.3) is 5.53 Å². The zero-order valence-corrected chi connectivity index (χ0v) is 5.88. The smallest absolute Gasteiger partial charge is 0.336 e. The third-order valence-corrected chi connectivity index (χ3v) is 1.02. The zero-order chi connectivity index (χ0) is 7.44. The molecule has 0 aliphatic carbocycles. The third kappa shape index (κ3) is 2.20. The van der Waals surface area contributed by atoms with E-state index in [2.05, 4.69) is 4.79 Å². The molecule has 0 aliphatic heterocycles. The average molecular weight is 126 g/mol. The Morgan fingerprint density at radius 3 is 2.00 bits per heavy atom. The first-order valence-electron chi connectivity index (χ1n) is 2.82. The predicted octanol–water partition coefficient (Wildman–Crippen LogP) is 0.902. The first-order chi connectivity index (χ1) is 4.09. The minimum atomic E-state index is -0.174. The molecule has 3 nitrogen and oxygen atoms in total. The van der Waals surface area contributed by atoms with Crippen LogP contribution in [0.15, 0.2) is 0 Å². The van der Waals surface area contributed by atoms with Crippen molar-refractivity contribution in [2.24, 2.45) is 5.92 Å². The van der Waals surface area contributed by atoms with Gasteiger partial charge in [-0.25, -0.2) is 0 Å². The molecular weight excluding hydrogens is 116 g/mol. The minimum absolute atomic E-state index is 0.00694. The van der Waals surface area contributed by atoms with Crippen molar-refractivity contribution in [3.8, 4) is 0 Å². The van der Waals surface area contributed by atoms with Gasteiger partial charge in [0, 0.05) is 6.92 Å². The summed E-state index contributed by atoms with van der Waals surface area (Å²) in [5, 5.41) is 0. The standard InChI is InChI=1S/C6H10N2O/c1-4(2)6(8-7)5(3)9/h4H,1-3H3. The first kappa shape index (κ1) is 8.05. The lowest BCUT2D eigenvalue weighted by Crippen LogP contribution is -2.17. The van der Waals surface area contributed by atoms with Crippen LogP contribution >= 0.6 is 0 Å². The monoisotopic (exact) mass is 126 g/mol. The highest BCUT2D eigenvalue weighted by Gasteiger charge is 2.18. The van der Waals surface area contributed by atoms with Crippen LogP contribution in [0, 0.1) is 5.92 Å². The fourth-order valence-corrected chi connectivity index (χ4v) is 0.592. The topological polar surface area (TPSA) is 53.5 Å². The minimum Gasteiger partial charge on any atom is -0.361 e. The van der Waals surface area contributed by atoms with Gasteiger partial charge in [-0.1, -0.05) is 13.8 Å². The van der Waals surface area contributed by atoms with Crippen molar-refractivity contribution in [2.75, 3.05) is 0 Å². The molecule has 0 saturated heterocycles. The van der Waals surface area contributed by atoms with Crippen molar-refractivity contribution in [2.45, 2.75) is 20.8 Å². The van der Waals surface area contributed by atoms with Gasteiger partial charge in [0.1, 0.15) is 0 Å². The van der Waals surface area contributed by atoms with Gasteiger partial charge in [-0.05, 0) is 0 Å². The van der Waals surface area contributed by atoms with Gasteiger partial charge in [0.15, 0.2) is 0 Å². The second-order valence-corrected chi connectivity index (χ2v) is 2.20. The van der Waals surface area contributed by atoms with Crippen molar-refractivity contribution in [1.82, 2.24) is 0 Å². The number of hydrogen-bond acceptors (Lipinski definition) is 1. The second-order valence-electron chi connectivity index (χ2n) is 2.20. The fraction of sp³-hybridized carbons (Fsp3) is 0.667. The van der Waals surface area contributed by atoms with Gasteiger partial charge in [0.05, 0.1) is 5.92 Å². The van der Waals surface area contributed by atoms with E-state index in [9.17, 15) is 4.79 Å². The Kier molecular flexibility index (Phi) is 2.82. The van der Waals surface area contributed by atoms with Gasteiger partial charge in [-0.2, -0.15) is 4.79 Å². The summed E-state index contributed by atoms with van der Waals surface area (Å²) >= 11 is 0. The molecule has 0 atom stereocenters. The quantitative estimate of drug-likeness (QED) is 0.308. The lowest BCUT2D eigenvalue weighted by molar-refractivity contribution is -0.116. The van der Waals surface area contributed by atoms with E-state index < -0.39 is 0 Å². The highest BCUT2D eigenvalue weighted by molar-refractivity contribution is 6.37. The van der Waals surface area contributed by atoms with Crippen molar-refractivity contribution >= 4 is 11.5 Å². The van der Waals surface area contributed by atoms with Gasteiger partial charge in [0.25, 0.3) is 0 Å². The van der Waals surface area contributed by atoms with Crippen molar-refractivity contribution < 1.29 is 9.58 Å². The van der Waals surface area contributed by atoms with E-state index in [-0.39, 0.29) is 17.4 Å². The third-order valence-electron chi connectivity index (χ3n) is 1.02. The molecule has 0 rings (SSSR count). The summed E-state index contributed by atoms with van der Waals surface area (Å²) in [4.78, 5) is 13.4. The Morgan fingerprint density at radius 1 is 1.56 bits per heavy atom. The molecule has 0 aromatic heterocycles. The van der Waals surface area contributed by atoms with Gasteiger partial charge in [-0.3, -0.25) is 4.79 Å². The molecule has 0 aliphatic rings. The Morgan fingerprint density at radius 2 is 2.00 bits per heavy atom. The van der Waals surface area contributed by atoms with E-state index in [1.807, 2.05) is 0 Å². The molecule has 0 N–H and O–H groups in total. The predicted molar refractivity (Wildman–Crippen MR) is 34.1 cm³/mol. The van der Waals surface area contributed by atoms with Crippen LogP contribution in [0.1, 0.15) is 20.8 Å². The van der Waals surface area contributed by atoms with Crippen molar-refractivity contribution in [3.05, 3.63) is 5.53 Å². The van der Waals surface area contributed by atoms with Crippen LogP contribution in [0.4, 0.5) is 0 Å². The number of carbonyl (C=O) groups is 1. The van der Waals surface area contributed by atoms with Gasteiger partial charge < -0.3 is 5.53 Å². The molecule has 0 heterocycles. The van der Waals surface area contributed by atoms with Crippen molar-refractivity contribution in [3.63, 3.8) is 0 Å². The maximum absolute atomic E-state index is 10.5. The van der Waals surface area contributed by atoms with E-state index in [0.29, 0.717) is 0 Å². The number of Topliss-reactive ketones (excluding diaryl/α,β-unsaturated/α-hetero) is 1. The largest absolute Gasteiger partial charge is 0.361 e. The average Bonchev–Trinajstić information content (AvgIpc) is 1.64. The SMILES string of the molecule is CC(=O)C(=[N+]=[N-])C(C)C. The summed E-state index contributed by atoms with van der Waals surface area (Å²) in [5.41, 5.74) is 8.47. The Bertz CT molecular complexity index is 166. The van der Waals surface area contributed by atoms with Crippen LogP contribution in [-0.4, -0.2) is 16.3 Å². The van der Waals surface area contributed by atoms with E-state index >= 15 is 0 Å². The molecule has 0 saturated carbocycles. The highest BCUT2D eigenvalue weighted by Crippen LogP contribution is 1.93. The van der Waals surface area contributed by atoms with Gasteiger partial charge in [-0.15, -0.1) is 0 Å². The van der Waals surface area contributed by atoms with Crippen LogP contribution in [-0.2, 0) is 4.79 Å². The van der Waals surface area contributed by atoms with E-state index in [1.54, 1.807) is 13.8 Å². The molecule has 0 radical (unpaired) electrons. The molecule has 0 aromatic rings. The van der Waals surface area contributed by atoms with Crippen LogP contribution in [0.3, 0.4) is 0 Å². The van der Waals surface area contributed by atoms with Crippen LogP contribution in [0.2, 0.25) is 0 Å². The van der Waals surface area contributed by atoms with Crippen LogP contribution < -0.4 is 0 Å². The number of nitrogens with zero attached hydrogens (tertiary/aromatic N) is 2. The molecule has 9 heavy (non-hydrogen) atoms. The zero-order valence-electron chi connectivity index (χ0n) is 5.88. The summed E-state index contributed by atoms with van der Waals surface area (Å²) in [6.45, 7) is 4.99. The summed E-state index contributed by atoms with van der Waals surface area (Å²) in [6.07, 6.45) is 0. The second kappa shape index (κ2) is 3.15. The lowest BCUT2D eigenvalue weighted by Gasteiger charge is -1.91. The van der Waals surface area contributed by atoms with E-state index in [1.165, 1.54) is 6.92 Å². The maximum Gasteiger partial charge on any atom is 0.336 e. The fourth-order valence-electron chi connectivity index (χ4n) is 0.592. The summed E-state index contributed by atoms with van der Waals surface area (Å²) < 4.78 is 0. The Labute approximate surface area is 54.3 Å². The summed E-state index contributed by atoms with van der Waals surface area (Å²) in [6, 6.07) is 0. The molecule has 50 valence electrons. The molecule has 0 spiro atoms. The molecule has 0 fully saturated rings. The van der Waals surface area contributed by atoms with E-state index in [0.717, 1.165) is 0 Å². The maximum atomic E-state index is 10.5.